The van der Waals surface area contributed by atoms with E-state index in [-0.39, 0.29) is 0 Å². The van der Waals surface area contributed by atoms with Gasteiger partial charge >= 0.3 is 0 Å². The Bertz CT molecular complexity index is 117. The molecule has 0 aliphatic carbocycles. The summed E-state index contributed by atoms with van der Waals surface area (Å²) in [6.45, 7) is 0.802. The Morgan fingerprint density at radius 3 is 2.73 bits per heavy atom. The molecule has 0 heterocycles. The van der Waals surface area contributed by atoms with Crippen molar-refractivity contribution >= 4 is 0 Å². The average Bonchev–Trinajstić information content (AvgIpc) is 2.05. The SMILES string of the molecule is C#CCCC(CCOC)NC. The molecule has 0 fully saturated rings. The summed E-state index contributed by atoms with van der Waals surface area (Å²) < 4.78 is 4.96. The molecule has 0 aromatic rings. The number of methoxy groups -OCH3 is 1. The maximum absolute atomic E-state index is 5.15. The van der Waals surface area contributed by atoms with Gasteiger partial charge in [-0.3, -0.25) is 0 Å². The second-order valence-electron chi connectivity index (χ2n) is 2.51. The number of rotatable bonds is 6. The molecule has 0 saturated carbocycles. The lowest BCUT2D eigenvalue weighted by Crippen LogP contribution is -2.26. The number of hydrogen-bond acceptors (Lipinski definition) is 2. The molecule has 1 unspecified atom stereocenters. The van der Waals surface area contributed by atoms with Crippen molar-refractivity contribution in [2.75, 3.05) is 20.8 Å². The Balaban J connectivity index is 3.34. The maximum atomic E-state index is 5.15. The molecule has 0 aliphatic rings. The second kappa shape index (κ2) is 7.59. The molecule has 2 heteroatoms. The Morgan fingerprint density at radius 2 is 2.27 bits per heavy atom. The van der Waals surface area contributed by atoms with Gasteiger partial charge in [0, 0.05) is 26.2 Å². The molecular weight excluding hydrogens is 138 g/mol. The monoisotopic (exact) mass is 155 g/mol. The van der Waals surface area contributed by atoms with Crippen molar-refractivity contribution < 1.29 is 4.74 Å². The summed E-state index contributed by atoms with van der Waals surface area (Å²) in [7, 11) is 3.67. The first-order valence-electron chi connectivity index (χ1n) is 3.94. The van der Waals surface area contributed by atoms with E-state index in [1.54, 1.807) is 7.11 Å². The van der Waals surface area contributed by atoms with Gasteiger partial charge in [0.05, 0.1) is 0 Å². The van der Waals surface area contributed by atoms with Crippen molar-refractivity contribution in [3.8, 4) is 12.3 Å². The van der Waals surface area contributed by atoms with E-state index in [0.717, 1.165) is 25.9 Å². The molecule has 0 aromatic heterocycles. The van der Waals surface area contributed by atoms with Gasteiger partial charge in [-0.15, -0.1) is 12.3 Å². The predicted octanol–water partition coefficient (Wildman–Crippen LogP) is 1.02. The molecular formula is C9H17NO. The highest BCUT2D eigenvalue weighted by molar-refractivity contribution is 4.85. The van der Waals surface area contributed by atoms with Crippen molar-refractivity contribution in [3.63, 3.8) is 0 Å². The van der Waals surface area contributed by atoms with E-state index in [1.165, 1.54) is 0 Å². The summed E-state index contributed by atoms with van der Waals surface area (Å²) in [6, 6.07) is 0.506. The third-order valence-corrected chi connectivity index (χ3v) is 1.72. The van der Waals surface area contributed by atoms with E-state index in [2.05, 4.69) is 11.2 Å². The van der Waals surface area contributed by atoms with Crippen LogP contribution in [0.3, 0.4) is 0 Å². The van der Waals surface area contributed by atoms with Crippen LogP contribution in [0.25, 0.3) is 0 Å². The van der Waals surface area contributed by atoms with Crippen LogP contribution < -0.4 is 5.32 Å². The first-order chi connectivity index (χ1) is 5.35. The van der Waals surface area contributed by atoms with Crippen LogP contribution >= 0.6 is 0 Å². The van der Waals surface area contributed by atoms with Crippen molar-refractivity contribution in [1.82, 2.24) is 5.32 Å². The summed E-state index contributed by atoms with van der Waals surface area (Å²) in [6.07, 6.45) is 8.07. The van der Waals surface area contributed by atoms with Crippen molar-refractivity contribution in [2.24, 2.45) is 0 Å². The van der Waals surface area contributed by atoms with Gasteiger partial charge in [-0.2, -0.15) is 0 Å². The van der Waals surface area contributed by atoms with Gasteiger partial charge in [0.15, 0.2) is 0 Å². The summed E-state index contributed by atoms with van der Waals surface area (Å²) >= 11 is 0. The highest BCUT2D eigenvalue weighted by atomic mass is 16.5. The second-order valence-corrected chi connectivity index (χ2v) is 2.51. The fourth-order valence-electron chi connectivity index (χ4n) is 0.951. The topological polar surface area (TPSA) is 21.3 Å². The largest absolute Gasteiger partial charge is 0.385 e. The first-order valence-corrected chi connectivity index (χ1v) is 3.94. The molecule has 0 bridgehead atoms. The molecule has 1 N–H and O–H groups in total. The van der Waals surface area contributed by atoms with E-state index in [9.17, 15) is 0 Å². The summed E-state index contributed by atoms with van der Waals surface area (Å²) in [5, 5.41) is 3.20. The van der Waals surface area contributed by atoms with E-state index < -0.39 is 0 Å². The smallest absolute Gasteiger partial charge is 0.0477 e. The van der Waals surface area contributed by atoms with Gasteiger partial charge in [0.2, 0.25) is 0 Å². The molecule has 1 atom stereocenters. The summed E-state index contributed by atoms with van der Waals surface area (Å²) in [5.74, 6) is 2.63. The minimum Gasteiger partial charge on any atom is -0.385 e. The lowest BCUT2D eigenvalue weighted by atomic mass is 10.1. The minimum absolute atomic E-state index is 0.506. The molecule has 0 radical (unpaired) electrons. The van der Waals surface area contributed by atoms with Gasteiger partial charge in [-0.25, -0.2) is 0 Å². The van der Waals surface area contributed by atoms with Gasteiger partial charge in [0.25, 0.3) is 0 Å². The van der Waals surface area contributed by atoms with Crippen LogP contribution in [0.4, 0.5) is 0 Å². The van der Waals surface area contributed by atoms with Crippen LogP contribution in [0.1, 0.15) is 19.3 Å². The van der Waals surface area contributed by atoms with Crippen LogP contribution in [0.5, 0.6) is 0 Å². The number of terminal acetylenes is 1. The lowest BCUT2D eigenvalue weighted by Gasteiger charge is -2.13. The Labute approximate surface area is 69.3 Å². The highest BCUT2D eigenvalue weighted by Gasteiger charge is 2.03. The van der Waals surface area contributed by atoms with Crippen LogP contribution in [0.15, 0.2) is 0 Å². The third kappa shape index (κ3) is 5.90. The van der Waals surface area contributed by atoms with Gasteiger partial charge < -0.3 is 10.1 Å². The lowest BCUT2D eigenvalue weighted by molar-refractivity contribution is 0.182. The zero-order chi connectivity index (χ0) is 8.53. The number of nitrogens with one attached hydrogen (secondary N) is 1. The molecule has 0 amide bonds. The molecule has 2 nitrogen and oxygen atoms in total. The molecule has 0 saturated heterocycles. The predicted molar refractivity (Wildman–Crippen MR) is 47.4 cm³/mol. The normalized spacial score (nSPS) is 12.5. The van der Waals surface area contributed by atoms with Crippen LogP contribution in [-0.4, -0.2) is 26.8 Å². The van der Waals surface area contributed by atoms with Gasteiger partial charge in [-0.05, 0) is 19.9 Å². The fourth-order valence-corrected chi connectivity index (χ4v) is 0.951. The molecule has 0 aliphatic heterocycles. The van der Waals surface area contributed by atoms with Gasteiger partial charge in [0.1, 0.15) is 0 Å². The Hall–Kier alpha value is -0.520. The first kappa shape index (κ1) is 10.5. The number of hydrogen-bond donors (Lipinski definition) is 1. The van der Waals surface area contributed by atoms with E-state index in [1.807, 2.05) is 7.05 Å². The standard InChI is InChI=1S/C9H17NO/c1-4-5-6-9(10-2)7-8-11-3/h1,9-10H,5-8H2,2-3H3. The highest BCUT2D eigenvalue weighted by Crippen LogP contribution is 2.00. The van der Waals surface area contributed by atoms with E-state index in [0.29, 0.717) is 6.04 Å². The van der Waals surface area contributed by atoms with Crippen molar-refractivity contribution in [2.45, 2.75) is 25.3 Å². The number of ether oxygens (including phenoxy) is 1. The zero-order valence-corrected chi connectivity index (χ0v) is 7.39. The Morgan fingerprint density at radius 1 is 1.55 bits per heavy atom. The molecule has 11 heavy (non-hydrogen) atoms. The van der Waals surface area contributed by atoms with Crippen LogP contribution in [-0.2, 0) is 4.74 Å². The molecule has 0 aromatic carbocycles. The van der Waals surface area contributed by atoms with Crippen LogP contribution in [0.2, 0.25) is 0 Å². The van der Waals surface area contributed by atoms with Gasteiger partial charge in [-0.1, -0.05) is 0 Å². The summed E-state index contributed by atoms with van der Waals surface area (Å²) in [5.41, 5.74) is 0. The summed E-state index contributed by atoms with van der Waals surface area (Å²) in [4.78, 5) is 0. The molecule has 0 spiro atoms. The maximum Gasteiger partial charge on any atom is 0.0477 e. The van der Waals surface area contributed by atoms with Crippen molar-refractivity contribution in [1.29, 1.82) is 0 Å². The van der Waals surface area contributed by atoms with Crippen molar-refractivity contribution in [3.05, 3.63) is 0 Å². The molecule has 64 valence electrons. The molecule has 0 rings (SSSR count). The van der Waals surface area contributed by atoms with E-state index in [4.69, 9.17) is 11.2 Å². The minimum atomic E-state index is 0.506. The Kier molecular flexibility index (Phi) is 7.23. The fraction of sp³-hybridized carbons (Fsp3) is 0.778. The third-order valence-electron chi connectivity index (χ3n) is 1.72. The van der Waals surface area contributed by atoms with E-state index >= 15 is 0 Å². The zero-order valence-electron chi connectivity index (χ0n) is 7.39. The quantitative estimate of drug-likeness (QED) is 0.578. The van der Waals surface area contributed by atoms with Crippen LogP contribution in [0, 0.1) is 12.3 Å². The average molecular weight is 155 g/mol.